The van der Waals surface area contributed by atoms with E-state index in [1.807, 2.05) is 0 Å². The standard InChI is InChI=1S/C24H25F3N6O/c1-13-6-18(25)16(24(34)32-14-2-3-14)8-22(13)33-11-21(30-12-33)17-7-15(9-29-23(17)27)31-20-4-5-28-10-19(20)26/h6-9,11-12,14,19-20,28,31H,2-5,10H2,1H3,(H,32,34)/t19-,20+/m1/s1. The highest BCUT2D eigenvalue weighted by Crippen LogP contribution is 2.27. The van der Waals surface area contributed by atoms with Gasteiger partial charge in [-0.2, -0.15) is 4.39 Å². The number of piperidine rings is 1. The molecule has 3 aromatic rings. The average molecular weight is 470 g/mol. The van der Waals surface area contributed by atoms with Gasteiger partial charge in [-0.05, 0) is 56.5 Å². The van der Waals surface area contributed by atoms with E-state index in [9.17, 15) is 18.0 Å². The van der Waals surface area contributed by atoms with Crippen LogP contribution in [0.5, 0.6) is 0 Å². The molecule has 0 spiro atoms. The Labute approximate surface area is 194 Å². The number of hydrogen-bond acceptors (Lipinski definition) is 5. The quantitative estimate of drug-likeness (QED) is 0.480. The highest BCUT2D eigenvalue weighted by Gasteiger charge is 2.26. The van der Waals surface area contributed by atoms with E-state index in [4.69, 9.17) is 0 Å². The van der Waals surface area contributed by atoms with Gasteiger partial charge in [0.05, 0.1) is 46.8 Å². The summed E-state index contributed by atoms with van der Waals surface area (Å²) in [5, 5.41) is 8.88. The van der Waals surface area contributed by atoms with E-state index in [-0.39, 0.29) is 29.8 Å². The molecule has 10 heteroatoms. The second-order valence-corrected chi connectivity index (χ2v) is 8.85. The lowest BCUT2D eigenvalue weighted by atomic mass is 10.0. The molecule has 2 atom stereocenters. The molecular formula is C24H25F3N6O. The van der Waals surface area contributed by atoms with Crippen LogP contribution in [0.15, 0.2) is 36.9 Å². The third-order valence-electron chi connectivity index (χ3n) is 6.18. The number of rotatable bonds is 6. The van der Waals surface area contributed by atoms with Gasteiger partial charge in [0.15, 0.2) is 0 Å². The second kappa shape index (κ2) is 9.09. The Morgan fingerprint density at radius 3 is 2.76 bits per heavy atom. The summed E-state index contributed by atoms with van der Waals surface area (Å²) >= 11 is 0. The molecule has 0 unspecified atom stereocenters. The molecule has 1 aliphatic carbocycles. The number of aryl methyl sites for hydroxylation is 1. The first kappa shape index (κ1) is 22.4. The fraction of sp³-hybridized carbons (Fsp3) is 0.375. The van der Waals surface area contributed by atoms with Crippen LogP contribution in [0.1, 0.15) is 35.2 Å². The summed E-state index contributed by atoms with van der Waals surface area (Å²) < 4.78 is 44.8. The Bertz CT molecular complexity index is 1230. The third kappa shape index (κ3) is 4.63. The molecular weight excluding hydrogens is 445 g/mol. The Morgan fingerprint density at radius 1 is 1.18 bits per heavy atom. The predicted octanol–water partition coefficient (Wildman–Crippen LogP) is 3.53. The van der Waals surface area contributed by atoms with Gasteiger partial charge in [-0.15, -0.1) is 0 Å². The third-order valence-corrected chi connectivity index (χ3v) is 6.18. The number of amides is 1. The van der Waals surface area contributed by atoms with Gasteiger partial charge in [-0.25, -0.2) is 18.7 Å². The van der Waals surface area contributed by atoms with Crippen LogP contribution < -0.4 is 16.0 Å². The number of nitrogens with zero attached hydrogens (tertiary/aromatic N) is 3. The maximum absolute atomic E-state index is 14.6. The normalized spacial score (nSPS) is 20.2. The molecule has 1 saturated carbocycles. The monoisotopic (exact) mass is 470 g/mol. The summed E-state index contributed by atoms with van der Waals surface area (Å²) in [6.07, 6.45) is 5.73. The number of benzene rings is 1. The van der Waals surface area contributed by atoms with Crippen molar-refractivity contribution in [3.8, 4) is 16.9 Å². The van der Waals surface area contributed by atoms with Gasteiger partial charge in [0, 0.05) is 18.8 Å². The van der Waals surface area contributed by atoms with E-state index in [0.717, 1.165) is 12.8 Å². The van der Waals surface area contributed by atoms with E-state index >= 15 is 0 Å². The van der Waals surface area contributed by atoms with E-state index < -0.39 is 23.8 Å². The van der Waals surface area contributed by atoms with Crippen molar-refractivity contribution in [2.75, 3.05) is 18.4 Å². The number of nitrogens with one attached hydrogen (secondary N) is 3. The van der Waals surface area contributed by atoms with Crippen molar-refractivity contribution in [1.29, 1.82) is 0 Å². The van der Waals surface area contributed by atoms with Crippen LogP contribution in [0.3, 0.4) is 0 Å². The molecule has 3 N–H and O–H groups in total. The average Bonchev–Trinajstić information content (AvgIpc) is 3.49. The highest BCUT2D eigenvalue weighted by molar-refractivity contribution is 5.95. The van der Waals surface area contributed by atoms with Gasteiger partial charge < -0.3 is 20.5 Å². The van der Waals surface area contributed by atoms with Gasteiger partial charge in [0.2, 0.25) is 5.95 Å². The first-order valence-corrected chi connectivity index (χ1v) is 11.3. The first-order valence-electron chi connectivity index (χ1n) is 11.3. The lowest BCUT2D eigenvalue weighted by Crippen LogP contribution is -2.45. The molecule has 0 bridgehead atoms. The zero-order valence-electron chi connectivity index (χ0n) is 18.6. The maximum Gasteiger partial charge on any atom is 0.254 e. The number of pyridine rings is 1. The van der Waals surface area contributed by atoms with E-state index in [2.05, 4.69) is 25.9 Å². The topological polar surface area (TPSA) is 83.9 Å². The summed E-state index contributed by atoms with van der Waals surface area (Å²) in [6, 6.07) is 4.04. The summed E-state index contributed by atoms with van der Waals surface area (Å²) in [7, 11) is 0. The Morgan fingerprint density at radius 2 is 2.00 bits per heavy atom. The van der Waals surface area contributed by atoms with Crippen LogP contribution in [0.2, 0.25) is 0 Å². The molecule has 1 saturated heterocycles. The number of carbonyl (C=O) groups is 1. The van der Waals surface area contributed by atoms with Crippen LogP contribution >= 0.6 is 0 Å². The van der Waals surface area contributed by atoms with Crippen molar-refractivity contribution in [1.82, 2.24) is 25.2 Å². The molecule has 1 amide bonds. The smallest absolute Gasteiger partial charge is 0.254 e. The van der Waals surface area contributed by atoms with Crippen LogP contribution in [0.4, 0.5) is 18.9 Å². The van der Waals surface area contributed by atoms with Gasteiger partial charge >= 0.3 is 0 Å². The largest absolute Gasteiger partial charge is 0.378 e. The SMILES string of the molecule is Cc1cc(F)c(C(=O)NC2CC2)cc1-n1cnc(-c2cc(N[C@H]3CCNC[C@H]3F)cnc2F)c1. The lowest BCUT2D eigenvalue weighted by Gasteiger charge is -2.28. The second-order valence-electron chi connectivity index (χ2n) is 8.85. The number of carbonyl (C=O) groups excluding carboxylic acids is 1. The molecule has 5 rings (SSSR count). The van der Waals surface area contributed by atoms with Crippen molar-refractivity contribution >= 4 is 11.6 Å². The van der Waals surface area contributed by atoms with Crippen molar-refractivity contribution in [3.63, 3.8) is 0 Å². The van der Waals surface area contributed by atoms with Crippen molar-refractivity contribution in [2.45, 2.75) is 44.4 Å². The number of aromatic nitrogens is 3. The number of hydrogen-bond donors (Lipinski definition) is 3. The zero-order valence-corrected chi connectivity index (χ0v) is 18.6. The molecule has 1 aliphatic heterocycles. The van der Waals surface area contributed by atoms with Crippen LogP contribution in [-0.2, 0) is 0 Å². The van der Waals surface area contributed by atoms with Crippen molar-refractivity contribution in [3.05, 3.63) is 59.8 Å². The van der Waals surface area contributed by atoms with Gasteiger partial charge in [-0.1, -0.05) is 0 Å². The molecule has 2 aliphatic rings. The zero-order chi connectivity index (χ0) is 23.8. The molecule has 7 nitrogen and oxygen atoms in total. The minimum absolute atomic E-state index is 0.0513. The summed E-state index contributed by atoms with van der Waals surface area (Å²) in [6.45, 7) is 2.68. The molecule has 0 radical (unpaired) electrons. The minimum Gasteiger partial charge on any atom is -0.378 e. The van der Waals surface area contributed by atoms with Crippen molar-refractivity contribution < 1.29 is 18.0 Å². The number of halogens is 3. The van der Waals surface area contributed by atoms with Crippen molar-refractivity contribution in [2.24, 2.45) is 0 Å². The predicted molar refractivity (Wildman–Crippen MR) is 122 cm³/mol. The highest BCUT2D eigenvalue weighted by atomic mass is 19.1. The van der Waals surface area contributed by atoms with E-state index in [1.165, 1.54) is 24.7 Å². The molecule has 2 aromatic heterocycles. The molecule has 2 fully saturated rings. The summed E-state index contributed by atoms with van der Waals surface area (Å²) in [5.74, 6) is -1.77. The van der Waals surface area contributed by atoms with Crippen LogP contribution in [-0.4, -0.2) is 51.8 Å². The molecule has 34 heavy (non-hydrogen) atoms. The van der Waals surface area contributed by atoms with Crippen LogP contribution in [0.25, 0.3) is 16.9 Å². The van der Waals surface area contributed by atoms with E-state index in [1.54, 1.807) is 23.8 Å². The first-order chi connectivity index (χ1) is 16.4. The van der Waals surface area contributed by atoms with Gasteiger partial charge in [0.25, 0.3) is 5.91 Å². The lowest BCUT2D eigenvalue weighted by molar-refractivity contribution is 0.0947. The van der Waals surface area contributed by atoms with Crippen LogP contribution in [0, 0.1) is 18.7 Å². The maximum atomic E-state index is 14.6. The van der Waals surface area contributed by atoms with Gasteiger partial charge in [0.1, 0.15) is 12.0 Å². The number of anilines is 1. The van der Waals surface area contributed by atoms with E-state index in [0.29, 0.717) is 35.6 Å². The van der Waals surface area contributed by atoms with Gasteiger partial charge in [-0.3, -0.25) is 4.79 Å². The number of alkyl halides is 1. The fourth-order valence-electron chi connectivity index (χ4n) is 4.10. The Hall–Kier alpha value is -3.40. The fourth-order valence-corrected chi connectivity index (χ4v) is 4.10. The Kier molecular flexibility index (Phi) is 5.99. The molecule has 3 heterocycles. The summed E-state index contributed by atoms with van der Waals surface area (Å²) in [4.78, 5) is 20.5. The molecule has 1 aromatic carbocycles. The number of imidazole rings is 1. The molecule has 178 valence electrons. The Balaban J connectivity index is 1.42. The summed E-state index contributed by atoms with van der Waals surface area (Å²) in [5.41, 5.74) is 2.06. The minimum atomic E-state index is -1.06.